The van der Waals surface area contributed by atoms with E-state index in [9.17, 15) is 13.6 Å². The molecule has 154 valence electrons. The lowest BCUT2D eigenvalue weighted by Crippen LogP contribution is -2.33. The van der Waals surface area contributed by atoms with Gasteiger partial charge < -0.3 is 9.47 Å². The van der Waals surface area contributed by atoms with Crippen molar-refractivity contribution in [2.45, 2.75) is 45.7 Å². The predicted molar refractivity (Wildman–Crippen MR) is 111 cm³/mol. The molecule has 3 rings (SSSR count). The van der Waals surface area contributed by atoms with E-state index in [0.29, 0.717) is 24.7 Å². The van der Waals surface area contributed by atoms with Gasteiger partial charge in [-0.25, -0.2) is 13.8 Å². The number of imidazole rings is 1. The SMILES string of the molecule is CCCN(Cc1nc2cc(CCl)ccc2n1CCC)C(=O)c1cc(F)ccc1F. The van der Waals surface area contributed by atoms with Gasteiger partial charge in [0.2, 0.25) is 0 Å². The van der Waals surface area contributed by atoms with Crippen LogP contribution in [0.1, 0.15) is 48.4 Å². The van der Waals surface area contributed by atoms with Gasteiger partial charge in [0.15, 0.2) is 0 Å². The summed E-state index contributed by atoms with van der Waals surface area (Å²) >= 11 is 5.94. The summed E-state index contributed by atoms with van der Waals surface area (Å²) in [6.45, 7) is 5.38. The van der Waals surface area contributed by atoms with Crippen molar-refractivity contribution in [2.24, 2.45) is 0 Å². The number of carbonyl (C=O) groups is 1. The first-order valence-corrected chi connectivity index (χ1v) is 10.3. The minimum absolute atomic E-state index is 0.216. The predicted octanol–water partition coefficient (Wildman–Crippen LogP) is 5.52. The highest BCUT2D eigenvalue weighted by Gasteiger charge is 2.22. The van der Waals surface area contributed by atoms with Crippen LogP contribution >= 0.6 is 11.6 Å². The summed E-state index contributed by atoms with van der Waals surface area (Å²) in [4.78, 5) is 19.2. The summed E-state index contributed by atoms with van der Waals surface area (Å²) in [6, 6.07) is 8.82. The highest BCUT2D eigenvalue weighted by atomic mass is 35.5. The molecule has 0 radical (unpaired) electrons. The van der Waals surface area contributed by atoms with E-state index >= 15 is 0 Å². The van der Waals surface area contributed by atoms with Gasteiger partial charge in [-0.3, -0.25) is 4.79 Å². The summed E-state index contributed by atoms with van der Waals surface area (Å²) in [5.41, 5.74) is 2.49. The Morgan fingerprint density at radius 2 is 1.93 bits per heavy atom. The van der Waals surface area contributed by atoms with E-state index in [4.69, 9.17) is 16.6 Å². The standard InChI is InChI=1S/C22H24ClF2N3O/c1-3-9-27(22(29)17-12-16(24)6-7-18(17)25)14-21-26-19-11-15(13-23)5-8-20(19)28(21)10-4-2/h5-8,11-12H,3-4,9-10,13-14H2,1-2H3. The second kappa shape index (κ2) is 9.35. The summed E-state index contributed by atoms with van der Waals surface area (Å²) < 4.78 is 29.8. The van der Waals surface area contributed by atoms with Gasteiger partial charge >= 0.3 is 0 Å². The molecule has 0 aliphatic heterocycles. The lowest BCUT2D eigenvalue weighted by atomic mass is 10.1. The molecular formula is C22H24ClF2N3O. The molecule has 0 saturated carbocycles. The Hall–Kier alpha value is -2.47. The van der Waals surface area contributed by atoms with Crippen molar-refractivity contribution in [3.05, 3.63) is 65.0 Å². The zero-order valence-corrected chi connectivity index (χ0v) is 17.3. The number of amides is 1. The number of hydrogen-bond acceptors (Lipinski definition) is 2. The molecule has 7 heteroatoms. The van der Waals surface area contributed by atoms with Crippen molar-refractivity contribution in [1.82, 2.24) is 14.5 Å². The van der Waals surface area contributed by atoms with Crippen molar-refractivity contribution in [1.29, 1.82) is 0 Å². The number of aryl methyl sites for hydroxylation is 1. The maximum atomic E-state index is 14.2. The smallest absolute Gasteiger partial charge is 0.257 e. The van der Waals surface area contributed by atoms with Gasteiger partial charge in [-0.15, -0.1) is 11.6 Å². The maximum absolute atomic E-state index is 14.2. The van der Waals surface area contributed by atoms with Gasteiger partial charge in [-0.1, -0.05) is 19.9 Å². The number of halogens is 3. The van der Waals surface area contributed by atoms with E-state index in [1.165, 1.54) is 4.90 Å². The third-order valence-corrected chi connectivity index (χ3v) is 5.07. The second-order valence-electron chi connectivity index (χ2n) is 6.99. The topological polar surface area (TPSA) is 38.1 Å². The van der Waals surface area contributed by atoms with Crippen LogP contribution in [0.3, 0.4) is 0 Å². The Balaban J connectivity index is 1.99. The fourth-order valence-electron chi connectivity index (χ4n) is 3.43. The van der Waals surface area contributed by atoms with Crippen LogP contribution < -0.4 is 0 Å². The number of nitrogens with zero attached hydrogens (tertiary/aromatic N) is 3. The first kappa shape index (κ1) is 21.2. The molecule has 0 aliphatic carbocycles. The second-order valence-corrected chi connectivity index (χ2v) is 7.25. The number of carbonyl (C=O) groups excluding carboxylic acids is 1. The fraction of sp³-hybridized carbons (Fsp3) is 0.364. The van der Waals surface area contributed by atoms with Crippen LogP contribution in [-0.4, -0.2) is 26.9 Å². The molecule has 0 bridgehead atoms. The van der Waals surface area contributed by atoms with E-state index in [-0.39, 0.29) is 12.1 Å². The fourth-order valence-corrected chi connectivity index (χ4v) is 3.59. The van der Waals surface area contributed by atoms with Crippen molar-refractivity contribution < 1.29 is 13.6 Å². The Morgan fingerprint density at radius 3 is 2.62 bits per heavy atom. The average Bonchev–Trinajstić information content (AvgIpc) is 3.05. The van der Waals surface area contributed by atoms with Gasteiger partial charge in [-0.2, -0.15) is 0 Å². The highest BCUT2D eigenvalue weighted by molar-refractivity contribution is 6.17. The highest BCUT2D eigenvalue weighted by Crippen LogP contribution is 2.22. The van der Waals surface area contributed by atoms with Crippen molar-refractivity contribution in [3.63, 3.8) is 0 Å². The van der Waals surface area contributed by atoms with Gasteiger partial charge in [0.1, 0.15) is 17.5 Å². The normalized spacial score (nSPS) is 11.2. The Labute approximate surface area is 174 Å². The maximum Gasteiger partial charge on any atom is 0.257 e. The van der Waals surface area contributed by atoms with Crippen LogP contribution in [-0.2, 0) is 19.0 Å². The van der Waals surface area contributed by atoms with Crippen molar-refractivity contribution in [3.8, 4) is 0 Å². The van der Waals surface area contributed by atoms with E-state index in [1.807, 2.05) is 25.1 Å². The third kappa shape index (κ3) is 4.58. The molecular weight excluding hydrogens is 396 g/mol. The van der Waals surface area contributed by atoms with E-state index in [2.05, 4.69) is 11.5 Å². The Morgan fingerprint density at radius 1 is 1.14 bits per heavy atom. The molecule has 3 aromatic rings. The molecule has 0 fully saturated rings. The molecule has 0 aliphatic rings. The molecule has 0 spiro atoms. The van der Waals surface area contributed by atoms with Crippen LogP contribution in [0, 0.1) is 11.6 Å². The summed E-state index contributed by atoms with van der Waals surface area (Å²) in [5, 5.41) is 0. The minimum atomic E-state index is -0.730. The molecule has 29 heavy (non-hydrogen) atoms. The van der Waals surface area contributed by atoms with Crippen LogP contribution in [0.4, 0.5) is 8.78 Å². The summed E-state index contributed by atoms with van der Waals surface area (Å²) in [5.74, 6) is -0.803. The average molecular weight is 420 g/mol. The summed E-state index contributed by atoms with van der Waals surface area (Å²) in [6.07, 6.45) is 1.59. The molecule has 1 heterocycles. The monoisotopic (exact) mass is 419 g/mol. The van der Waals surface area contributed by atoms with Crippen LogP contribution in [0.2, 0.25) is 0 Å². The van der Waals surface area contributed by atoms with E-state index < -0.39 is 17.5 Å². The van der Waals surface area contributed by atoms with Gasteiger partial charge in [0, 0.05) is 19.0 Å². The number of rotatable bonds is 8. The van der Waals surface area contributed by atoms with Gasteiger partial charge in [-0.05, 0) is 48.7 Å². The Kier molecular flexibility index (Phi) is 6.85. The quantitative estimate of drug-likeness (QED) is 0.451. The number of fused-ring (bicyclic) bond motifs is 1. The third-order valence-electron chi connectivity index (χ3n) is 4.77. The van der Waals surface area contributed by atoms with Gasteiger partial charge in [0.25, 0.3) is 5.91 Å². The van der Waals surface area contributed by atoms with E-state index in [1.54, 1.807) is 0 Å². The molecule has 0 saturated heterocycles. The lowest BCUT2D eigenvalue weighted by molar-refractivity contribution is 0.0732. The van der Waals surface area contributed by atoms with Crippen molar-refractivity contribution >= 4 is 28.5 Å². The zero-order valence-electron chi connectivity index (χ0n) is 16.6. The van der Waals surface area contributed by atoms with E-state index in [0.717, 1.165) is 47.8 Å². The van der Waals surface area contributed by atoms with Crippen molar-refractivity contribution in [2.75, 3.05) is 6.54 Å². The Bertz CT molecular complexity index is 1020. The van der Waals surface area contributed by atoms with Gasteiger partial charge in [0.05, 0.1) is 23.1 Å². The number of alkyl halides is 1. The number of benzene rings is 2. The molecule has 4 nitrogen and oxygen atoms in total. The molecule has 0 unspecified atom stereocenters. The molecule has 0 N–H and O–H groups in total. The zero-order chi connectivity index (χ0) is 21.0. The molecule has 1 aromatic heterocycles. The van der Waals surface area contributed by atoms with Crippen LogP contribution in [0.5, 0.6) is 0 Å². The molecule has 2 aromatic carbocycles. The number of hydrogen-bond donors (Lipinski definition) is 0. The first-order chi connectivity index (χ1) is 14.0. The largest absolute Gasteiger partial charge is 0.331 e. The minimum Gasteiger partial charge on any atom is -0.331 e. The lowest BCUT2D eigenvalue weighted by Gasteiger charge is -2.23. The van der Waals surface area contributed by atoms with Crippen LogP contribution in [0.25, 0.3) is 11.0 Å². The molecule has 1 amide bonds. The molecule has 0 atom stereocenters. The first-order valence-electron chi connectivity index (χ1n) is 9.76. The van der Waals surface area contributed by atoms with Crippen LogP contribution in [0.15, 0.2) is 36.4 Å². The summed E-state index contributed by atoms with van der Waals surface area (Å²) in [7, 11) is 0. The number of aromatic nitrogens is 2.